The van der Waals surface area contributed by atoms with Crippen LogP contribution in [-0.4, -0.2) is 52.8 Å². The van der Waals surface area contributed by atoms with Crippen LogP contribution in [0.5, 0.6) is 0 Å². The third-order valence-electron chi connectivity index (χ3n) is 7.03. The van der Waals surface area contributed by atoms with Crippen LogP contribution in [0.4, 0.5) is 0 Å². The van der Waals surface area contributed by atoms with E-state index in [-0.39, 0.29) is 0 Å². The van der Waals surface area contributed by atoms with Crippen LogP contribution in [0.2, 0.25) is 0 Å². The Balaban J connectivity index is 1.35. The number of fused-ring (bicyclic) bond motifs is 1. The molecule has 2 heterocycles. The van der Waals surface area contributed by atoms with Crippen LogP contribution in [0.25, 0.3) is 0 Å². The molecule has 4 fully saturated rings. The molecule has 2 saturated carbocycles. The summed E-state index contributed by atoms with van der Waals surface area (Å²) in [5.74, 6) is 2.26. The maximum Gasteiger partial charge on any atom is 0.226 e. The van der Waals surface area contributed by atoms with Gasteiger partial charge in [0, 0.05) is 23.8 Å². The van der Waals surface area contributed by atoms with E-state index in [2.05, 4.69) is 34.6 Å². The highest BCUT2D eigenvalue weighted by Gasteiger charge is 2.45. The summed E-state index contributed by atoms with van der Waals surface area (Å²) in [6.45, 7) is 4.35. The second kappa shape index (κ2) is 7.75. The third kappa shape index (κ3) is 3.73. The molecular weight excluding hydrogens is 332 g/mol. The van der Waals surface area contributed by atoms with E-state index in [9.17, 15) is 4.79 Å². The number of hydrogen-bond acceptors (Lipinski definition) is 5. The number of thioether (sulfide) groups is 1. The zero-order valence-electron chi connectivity index (χ0n) is 15.7. The van der Waals surface area contributed by atoms with Crippen LogP contribution in [0.3, 0.4) is 0 Å². The minimum Gasteiger partial charge on any atom is -0.339 e. The highest BCUT2D eigenvalue weighted by Crippen LogP contribution is 2.42. The van der Waals surface area contributed by atoms with Crippen LogP contribution in [-0.2, 0) is 4.79 Å². The lowest BCUT2D eigenvalue weighted by molar-refractivity contribution is -0.134. The first kappa shape index (κ1) is 18.1. The zero-order chi connectivity index (χ0) is 17.4. The topological polar surface area (TPSA) is 47.6 Å². The van der Waals surface area contributed by atoms with Crippen molar-refractivity contribution in [1.82, 2.24) is 20.7 Å². The fourth-order valence-electron chi connectivity index (χ4n) is 5.45. The van der Waals surface area contributed by atoms with Gasteiger partial charge in [0.1, 0.15) is 5.50 Å². The Labute approximate surface area is 156 Å². The minimum atomic E-state index is 0.364. The molecule has 25 heavy (non-hydrogen) atoms. The second-order valence-electron chi connectivity index (χ2n) is 8.65. The Morgan fingerprint density at radius 1 is 1.16 bits per heavy atom. The lowest BCUT2D eigenvalue weighted by Crippen LogP contribution is -2.42. The van der Waals surface area contributed by atoms with Gasteiger partial charge in [0.2, 0.25) is 5.91 Å². The van der Waals surface area contributed by atoms with Gasteiger partial charge >= 0.3 is 0 Å². The van der Waals surface area contributed by atoms with Crippen LogP contribution < -0.4 is 10.9 Å². The molecule has 4 aliphatic rings. The van der Waals surface area contributed by atoms with Gasteiger partial charge in [-0.2, -0.15) is 0 Å². The van der Waals surface area contributed by atoms with E-state index in [0.29, 0.717) is 34.5 Å². The van der Waals surface area contributed by atoms with Gasteiger partial charge in [0.05, 0.1) is 6.67 Å². The summed E-state index contributed by atoms with van der Waals surface area (Å²) in [5.41, 5.74) is 6.95. The average molecular weight is 367 g/mol. The van der Waals surface area contributed by atoms with Gasteiger partial charge in [-0.1, -0.05) is 26.2 Å². The number of carbonyl (C=O) groups is 1. The molecule has 1 amide bonds. The maximum atomic E-state index is 12.9. The van der Waals surface area contributed by atoms with E-state index in [4.69, 9.17) is 0 Å². The second-order valence-corrected chi connectivity index (χ2v) is 10.1. The fourth-order valence-corrected chi connectivity index (χ4v) is 6.76. The van der Waals surface area contributed by atoms with Gasteiger partial charge in [-0.15, -0.1) is 11.8 Å². The predicted molar refractivity (Wildman–Crippen MR) is 103 cm³/mol. The molecule has 6 unspecified atom stereocenters. The summed E-state index contributed by atoms with van der Waals surface area (Å²) < 4.78 is 0. The molecule has 4 rings (SSSR count). The third-order valence-corrected chi connectivity index (χ3v) is 8.58. The molecule has 0 bridgehead atoms. The molecule has 6 heteroatoms. The Morgan fingerprint density at radius 2 is 2.00 bits per heavy atom. The lowest BCUT2D eigenvalue weighted by atomic mass is 9.81. The number of amides is 1. The molecule has 142 valence electrons. The summed E-state index contributed by atoms with van der Waals surface area (Å²) in [6.07, 6.45) is 10.1. The molecule has 0 spiro atoms. The summed E-state index contributed by atoms with van der Waals surface area (Å²) >= 11 is 2.04. The Hall–Kier alpha value is -0.300. The van der Waals surface area contributed by atoms with Crippen LogP contribution in [0.1, 0.15) is 58.3 Å². The van der Waals surface area contributed by atoms with Gasteiger partial charge in [-0.25, -0.2) is 10.9 Å². The van der Waals surface area contributed by atoms with Gasteiger partial charge in [-0.05, 0) is 51.0 Å². The standard InChI is InChI=1S/C19H34N4OS/c1-13(25-19-21-20-12-22(19)2)14-7-5-8-16(10-14)23-11-15-6-3-4-9-17(15)18(23)24/h13-17,19-21H,3-12H2,1-2H3. The molecule has 2 N–H and O–H groups in total. The number of likely N-dealkylation sites (tertiary alicyclic amines) is 1. The Morgan fingerprint density at radius 3 is 2.76 bits per heavy atom. The van der Waals surface area contributed by atoms with Crippen molar-refractivity contribution in [1.29, 1.82) is 0 Å². The molecule has 2 saturated heterocycles. The summed E-state index contributed by atoms with van der Waals surface area (Å²) in [6, 6.07) is 0.507. The van der Waals surface area contributed by atoms with Crippen LogP contribution in [0.15, 0.2) is 0 Å². The zero-order valence-corrected chi connectivity index (χ0v) is 16.6. The molecule has 2 aliphatic carbocycles. The molecular formula is C19H34N4OS. The van der Waals surface area contributed by atoms with E-state index < -0.39 is 0 Å². The smallest absolute Gasteiger partial charge is 0.226 e. The number of nitrogens with one attached hydrogen (secondary N) is 2. The van der Waals surface area contributed by atoms with E-state index in [1.165, 1.54) is 44.9 Å². The highest BCUT2D eigenvalue weighted by molar-refractivity contribution is 8.00. The largest absolute Gasteiger partial charge is 0.339 e. The van der Waals surface area contributed by atoms with Gasteiger partial charge in [-0.3, -0.25) is 9.69 Å². The van der Waals surface area contributed by atoms with E-state index in [1.54, 1.807) is 0 Å². The first-order chi connectivity index (χ1) is 12.1. The van der Waals surface area contributed by atoms with Crippen molar-refractivity contribution >= 4 is 17.7 Å². The van der Waals surface area contributed by atoms with Gasteiger partial charge in [0.15, 0.2) is 0 Å². The van der Waals surface area contributed by atoms with Gasteiger partial charge in [0.25, 0.3) is 0 Å². The minimum absolute atomic E-state index is 0.364. The average Bonchev–Trinajstić information content (AvgIpc) is 3.19. The van der Waals surface area contributed by atoms with Crippen molar-refractivity contribution in [3.63, 3.8) is 0 Å². The number of hydrogen-bond donors (Lipinski definition) is 2. The predicted octanol–water partition coefficient (Wildman–Crippen LogP) is 2.60. The quantitative estimate of drug-likeness (QED) is 0.801. The summed E-state index contributed by atoms with van der Waals surface area (Å²) in [4.78, 5) is 17.6. The van der Waals surface area contributed by atoms with Crippen molar-refractivity contribution in [2.24, 2.45) is 17.8 Å². The lowest BCUT2D eigenvalue weighted by Gasteiger charge is -2.38. The number of nitrogens with zero attached hydrogens (tertiary/aromatic N) is 2. The molecule has 0 aromatic carbocycles. The first-order valence-electron chi connectivity index (χ1n) is 10.3. The number of carbonyl (C=O) groups excluding carboxylic acids is 1. The van der Waals surface area contributed by atoms with Crippen molar-refractivity contribution in [2.45, 2.75) is 75.1 Å². The fraction of sp³-hybridized carbons (Fsp3) is 0.947. The number of hydrazine groups is 1. The van der Waals surface area contributed by atoms with Crippen molar-refractivity contribution in [2.75, 3.05) is 20.3 Å². The first-order valence-corrected chi connectivity index (χ1v) is 11.2. The highest BCUT2D eigenvalue weighted by atomic mass is 32.2. The Bertz CT molecular complexity index is 490. The molecule has 6 atom stereocenters. The van der Waals surface area contributed by atoms with Crippen molar-refractivity contribution in [3.8, 4) is 0 Å². The van der Waals surface area contributed by atoms with Crippen LogP contribution >= 0.6 is 11.8 Å². The molecule has 0 aromatic rings. The summed E-state index contributed by atoms with van der Waals surface area (Å²) in [5, 5.41) is 0.627. The van der Waals surface area contributed by atoms with E-state index in [1.807, 2.05) is 11.8 Å². The molecule has 0 radical (unpaired) electrons. The van der Waals surface area contributed by atoms with Crippen molar-refractivity contribution < 1.29 is 4.79 Å². The van der Waals surface area contributed by atoms with Crippen LogP contribution in [0, 0.1) is 17.8 Å². The molecule has 5 nitrogen and oxygen atoms in total. The van der Waals surface area contributed by atoms with Gasteiger partial charge < -0.3 is 4.90 Å². The van der Waals surface area contributed by atoms with E-state index in [0.717, 1.165) is 25.6 Å². The SMILES string of the molecule is CC(SC1NNCN1C)C1CCCC(N2CC3CCCCC3C2=O)C1. The summed E-state index contributed by atoms with van der Waals surface area (Å²) in [7, 11) is 2.16. The maximum absolute atomic E-state index is 12.9. The normalized spacial score (nSPS) is 41.1. The molecule has 2 aliphatic heterocycles. The monoisotopic (exact) mass is 366 g/mol. The molecule has 0 aromatic heterocycles. The van der Waals surface area contributed by atoms with E-state index >= 15 is 0 Å². The van der Waals surface area contributed by atoms with Crippen molar-refractivity contribution in [3.05, 3.63) is 0 Å². The Kier molecular flexibility index (Phi) is 5.60. The number of rotatable bonds is 4.